The monoisotopic (exact) mass is 419 g/mol. The van der Waals surface area contributed by atoms with Gasteiger partial charge in [0, 0.05) is 19.5 Å². The number of halogens is 2. The van der Waals surface area contributed by atoms with Crippen LogP contribution in [0.15, 0.2) is 50.4 Å². The topological polar surface area (TPSA) is 117 Å². The zero-order valence-electron chi connectivity index (χ0n) is 14.4. The Kier molecular flexibility index (Phi) is 4.82. The predicted octanol–water partition coefficient (Wildman–Crippen LogP) is 0.855. The molecule has 1 atom stereocenters. The molecule has 0 amide bonds. The van der Waals surface area contributed by atoms with Crippen molar-refractivity contribution in [2.45, 2.75) is 0 Å². The van der Waals surface area contributed by atoms with Gasteiger partial charge in [0.1, 0.15) is 17.1 Å². The molecule has 1 aliphatic heterocycles. The number of methoxy groups -OCH3 is 1. The Bertz CT molecular complexity index is 1250. The van der Waals surface area contributed by atoms with Crippen LogP contribution in [-0.2, 0) is 4.74 Å². The standard InChI is InChI=1S/C17H12Cl2N6O3/c1-28-7-11-23-24-15(8-3-2-4-20-6-8)25(11)14-12(19)9(18)5-10-13(14)22-17(27)16(26)21-10/h2-6H,7H2,1H3,(H,21,26)(H,22,27)/p+1. The molecular weight excluding hydrogens is 407 g/mol. The number of pyridine rings is 1. The number of benzene rings is 1. The van der Waals surface area contributed by atoms with Crippen LogP contribution in [0, 0.1) is 0 Å². The first-order chi connectivity index (χ1) is 13.5. The maximum Gasteiger partial charge on any atom is 0.314 e. The minimum absolute atomic E-state index is 0.153. The number of ether oxygens (including phenoxy) is 1. The fourth-order valence-electron chi connectivity index (χ4n) is 2.99. The zero-order chi connectivity index (χ0) is 19.8. The van der Waals surface area contributed by atoms with Crippen molar-refractivity contribution in [3.63, 3.8) is 0 Å². The first-order valence-electron chi connectivity index (χ1n) is 8.07. The first-order valence-corrected chi connectivity index (χ1v) is 8.83. The van der Waals surface area contributed by atoms with E-state index in [0.717, 1.165) is 0 Å². The number of quaternary nitrogens is 1. The van der Waals surface area contributed by atoms with Crippen LogP contribution in [0.3, 0.4) is 0 Å². The molecule has 28 heavy (non-hydrogen) atoms. The van der Waals surface area contributed by atoms with E-state index in [1.807, 2.05) is 6.07 Å². The van der Waals surface area contributed by atoms with Crippen molar-refractivity contribution in [1.29, 1.82) is 0 Å². The fourth-order valence-corrected chi connectivity index (χ4v) is 3.44. The van der Waals surface area contributed by atoms with Crippen LogP contribution in [0.1, 0.15) is 5.56 Å². The molecular formula is C17H13Cl2N6O3+. The smallest absolute Gasteiger partial charge is 0.314 e. The number of amidine groups is 2. The number of aromatic nitrogens is 3. The third-order valence-electron chi connectivity index (χ3n) is 4.17. The Morgan fingerprint density at radius 1 is 1.18 bits per heavy atom. The van der Waals surface area contributed by atoms with E-state index in [-0.39, 0.29) is 16.7 Å². The molecule has 3 heterocycles. The Labute approximate surface area is 167 Å². The summed E-state index contributed by atoms with van der Waals surface area (Å²) in [5.41, 5.74) is 0.139. The molecule has 1 aliphatic rings. The van der Waals surface area contributed by atoms with E-state index < -0.39 is 11.1 Å². The fraction of sp³-hybridized carbons (Fsp3) is 0.118. The number of H-pyrrole nitrogens is 2. The quantitative estimate of drug-likeness (QED) is 0.543. The summed E-state index contributed by atoms with van der Waals surface area (Å²) in [4.78, 5) is 33.5. The average molecular weight is 420 g/mol. The van der Waals surface area contributed by atoms with E-state index in [1.165, 1.54) is 13.2 Å². The lowest BCUT2D eigenvalue weighted by Crippen LogP contribution is -3.12. The zero-order valence-corrected chi connectivity index (χ0v) is 15.9. The summed E-state index contributed by atoms with van der Waals surface area (Å²) in [7, 11) is 1.53. The van der Waals surface area contributed by atoms with Crippen molar-refractivity contribution in [3.8, 4) is 0 Å². The third kappa shape index (κ3) is 3.04. The number of nitrogens with zero attached hydrogens (tertiary/aromatic N) is 3. The van der Waals surface area contributed by atoms with E-state index in [2.05, 4.69) is 25.2 Å². The Hall–Kier alpha value is -2.85. The van der Waals surface area contributed by atoms with Gasteiger partial charge >= 0.3 is 11.1 Å². The number of rotatable bonds is 4. The van der Waals surface area contributed by atoms with Gasteiger partial charge in [0.2, 0.25) is 0 Å². The van der Waals surface area contributed by atoms with Crippen LogP contribution in [0.25, 0.3) is 11.0 Å². The average Bonchev–Trinajstić information content (AvgIpc) is 3.09. The van der Waals surface area contributed by atoms with Gasteiger partial charge in [0.05, 0.1) is 16.1 Å². The predicted molar refractivity (Wildman–Crippen MR) is 106 cm³/mol. The normalized spacial score (nSPS) is 16.3. The first kappa shape index (κ1) is 18.5. The molecule has 0 spiro atoms. The van der Waals surface area contributed by atoms with Gasteiger partial charge in [-0.1, -0.05) is 33.4 Å². The van der Waals surface area contributed by atoms with Gasteiger partial charge in [-0.25, -0.2) is 4.90 Å². The summed E-state index contributed by atoms with van der Waals surface area (Å²) in [6, 6.07) is 5.06. The molecule has 3 N–H and O–H groups in total. The van der Waals surface area contributed by atoms with Crippen molar-refractivity contribution in [2.24, 2.45) is 10.2 Å². The Morgan fingerprint density at radius 2 is 1.96 bits per heavy atom. The Balaban J connectivity index is 2.02. The summed E-state index contributed by atoms with van der Waals surface area (Å²) < 4.78 is 5.24. The molecule has 9 nitrogen and oxygen atoms in total. The SMILES string of the molecule is COCC1=NN=C(c2cccnc2)[NH+]1c1c(Cl)c(Cl)cc2[nH]c(=O)c(=O)[nH]c12. The van der Waals surface area contributed by atoms with E-state index in [4.69, 9.17) is 27.9 Å². The molecule has 3 aromatic rings. The second-order valence-corrected chi connectivity index (χ2v) is 6.71. The highest BCUT2D eigenvalue weighted by Crippen LogP contribution is 2.33. The highest BCUT2D eigenvalue weighted by atomic mass is 35.5. The van der Waals surface area contributed by atoms with Gasteiger partial charge in [-0.3, -0.25) is 14.6 Å². The maximum atomic E-state index is 12.0. The largest absolute Gasteiger partial charge is 0.372 e. The third-order valence-corrected chi connectivity index (χ3v) is 4.96. The van der Waals surface area contributed by atoms with Crippen molar-refractivity contribution in [1.82, 2.24) is 15.0 Å². The van der Waals surface area contributed by atoms with Crippen LogP contribution in [0.2, 0.25) is 10.0 Å². The molecule has 0 aliphatic carbocycles. The Morgan fingerprint density at radius 3 is 2.68 bits per heavy atom. The second kappa shape index (κ2) is 7.28. The molecule has 0 saturated heterocycles. The van der Waals surface area contributed by atoms with Crippen LogP contribution >= 0.6 is 23.2 Å². The van der Waals surface area contributed by atoms with Gasteiger partial charge in [-0.15, -0.1) is 0 Å². The summed E-state index contributed by atoms with van der Waals surface area (Å²) >= 11 is 12.8. The van der Waals surface area contributed by atoms with Gasteiger partial charge in [0.15, 0.2) is 5.69 Å². The lowest BCUT2D eigenvalue weighted by molar-refractivity contribution is -0.615. The highest BCUT2D eigenvalue weighted by Gasteiger charge is 2.37. The van der Waals surface area contributed by atoms with Crippen LogP contribution in [-0.4, -0.2) is 40.3 Å². The summed E-state index contributed by atoms with van der Waals surface area (Å²) in [6.45, 7) is 0.153. The van der Waals surface area contributed by atoms with Crippen molar-refractivity contribution in [2.75, 3.05) is 13.7 Å². The molecule has 0 radical (unpaired) electrons. The molecule has 0 saturated carbocycles. The van der Waals surface area contributed by atoms with E-state index >= 15 is 0 Å². The van der Waals surface area contributed by atoms with Crippen molar-refractivity contribution < 1.29 is 9.64 Å². The van der Waals surface area contributed by atoms with Gasteiger partial charge in [-0.2, -0.15) is 0 Å². The molecule has 142 valence electrons. The van der Waals surface area contributed by atoms with Crippen molar-refractivity contribution in [3.05, 3.63) is 66.9 Å². The van der Waals surface area contributed by atoms with Gasteiger partial charge in [0.25, 0.3) is 11.7 Å². The van der Waals surface area contributed by atoms with Gasteiger partial charge < -0.3 is 14.7 Å². The minimum atomic E-state index is -0.809. The summed E-state index contributed by atoms with van der Waals surface area (Å²) in [5.74, 6) is 0.997. The lowest BCUT2D eigenvalue weighted by atomic mass is 10.1. The van der Waals surface area contributed by atoms with Crippen LogP contribution in [0.5, 0.6) is 0 Å². The summed E-state index contributed by atoms with van der Waals surface area (Å²) in [5, 5.41) is 8.86. The minimum Gasteiger partial charge on any atom is -0.372 e. The van der Waals surface area contributed by atoms with E-state index in [0.29, 0.717) is 38.9 Å². The number of aromatic amines is 2. The molecule has 2 aromatic heterocycles. The molecule has 1 aromatic carbocycles. The molecule has 0 bridgehead atoms. The maximum absolute atomic E-state index is 12.0. The van der Waals surface area contributed by atoms with E-state index in [9.17, 15) is 9.59 Å². The molecule has 1 unspecified atom stereocenters. The van der Waals surface area contributed by atoms with Crippen LogP contribution in [0.4, 0.5) is 5.69 Å². The molecule has 0 fully saturated rings. The van der Waals surface area contributed by atoms with Crippen molar-refractivity contribution >= 4 is 51.6 Å². The summed E-state index contributed by atoms with van der Waals surface area (Å²) in [6.07, 6.45) is 3.27. The number of hydrogen-bond acceptors (Lipinski definition) is 6. The molecule has 11 heteroatoms. The number of nitrogens with one attached hydrogen (secondary N) is 3. The number of hydrogen-bond donors (Lipinski definition) is 3. The second-order valence-electron chi connectivity index (χ2n) is 5.92. The van der Waals surface area contributed by atoms with Gasteiger partial charge in [-0.05, 0) is 18.2 Å². The van der Waals surface area contributed by atoms with E-state index in [1.54, 1.807) is 18.5 Å². The lowest BCUT2D eigenvalue weighted by Gasteiger charge is -2.18. The highest BCUT2D eigenvalue weighted by molar-refractivity contribution is 6.44. The number of fused-ring (bicyclic) bond motifs is 1. The van der Waals surface area contributed by atoms with Crippen LogP contribution < -0.4 is 16.0 Å². The molecule has 4 rings (SSSR count).